The summed E-state index contributed by atoms with van der Waals surface area (Å²) < 4.78 is 14.1. The first-order chi connectivity index (χ1) is 10.3. The maximum Gasteiger partial charge on any atom is 0.271 e. The molecule has 2 aromatic rings. The van der Waals surface area contributed by atoms with Gasteiger partial charge in [-0.25, -0.2) is 0 Å². The molecular weight excluding hydrogens is 286 g/mol. The van der Waals surface area contributed by atoms with Gasteiger partial charge in [-0.2, -0.15) is 4.37 Å². The standard InChI is InChI=1S/C15H17N3O2S/c19-13(12-7-3-1-4-8-12)11-20-15-14(16-21-17-15)18-9-5-2-6-10-18/h1,3-4,7-8H,2,5-6,9-11H2. The van der Waals surface area contributed by atoms with E-state index in [1.54, 1.807) is 12.1 Å². The zero-order chi connectivity index (χ0) is 14.5. The Morgan fingerprint density at radius 3 is 2.67 bits per heavy atom. The monoisotopic (exact) mass is 303 g/mol. The highest BCUT2D eigenvalue weighted by Crippen LogP contribution is 2.28. The Morgan fingerprint density at radius 1 is 1.14 bits per heavy atom. The second-order valence-electron chi connectivity index (χ2n) is 5.02. The van der Waals surface area contributed by atoms with Gasteiger partial charge in [-0.15, -0.1) is 4.37 Å². The molecule has 1 saturated heterocycles. The number of hydrogen-bond acceptors (Lipinski definition) is 6. The Bertz CT molecular complexity index is 594. The summed E-state index contributed by atoms with van der Waals surface area (Å²) in [5.74, 6) is 1.21. The Hall–Kier alpha value is -1.95. The maximum atomic E-state index is 12.0. The summed E-state index contributed by atoms with van der Waals surface area (Å²) in [6.45, 7) is 1.96. The van der Waals surface area contributed by atoms with Crippen LogP contribution in [0.4, 0.5) is 5.82 Å². The lowest BCUT2D eigenvalue weighted by Gasteiger charge is -2.26. The number of carbonyl (C=O) groups is 1. The van der Waals surface area contributed by atoms with Crippen LogP contribution in [-0.4, -0.2) is 34.2 Å². The van der Waals surface area contributed by atoms with Crippen LogP contribution < -0.4 is 9.64 Å². The fourth-order valence-electron chi connectivity index (χ4n) is 2.41. The van der Waals surface area contributed by atoms with E-state index in [1.807, 2.05) is 18.2 Å². The molecule has 5 nitrogen and oxygen atoms in total. The molecule has 0 radical (unpaired) electrons. The molecule has 0 aliphatic carbocycles. The van der Waals surface area contributed by atoms with Gasteiger partial charge in [-0.3, -0.25) is 4.79 Å². The van der Waals surface area contributed by atoms with E-state index in [-0.39, 0.29) is 12.4 Å². The SMILES string of the molecule is O=C(COc1nsnc1N1CCCCC1)c1ccccc1. The number of aromatic nitrogens is 2. The molecule has 0 unspecified atom stereocenters. The third-order valence-electron chi connectivity index (χ3n) is 3.53. The number of ether oxygens (including phenoxy) is 1. The van der Waals surface area contributed by atoms with Crippen molar-refractivity contribution in [2.45, 2.75) is 19.3 Å². The highest BCUT2D eigenvalue weighted by molar-refractivity contribution is 6.99. The number of Topliss-reactive ketones (excluding diaryl/α,β-unsaturated/α-hetero) is 1. The van der Waals surface area contributed by atoms with E-state index in [0.717, 1.165) is 30.6 Å². The normalized spacial score (nSPS) is 15.0. The third-order valence-corrected chi connectivity index (χ3v) is 4.04. The minimum Gasteiger partial charge on any atom is -0.466 e. The zero-order valence-electron chi connectivity index (χ0n) is 11.7. The second kappa shape index (κ2) is 6.67. The molecule has 0 saturated carbocycles. The summed E-state index contributed by atoms with van der Waals surface area (Å²) in [5.41, 5.74) is 0.653. The van der Waals surface area contributed by atoms with Crippen LogP contribution in [0.5, 0.6) is 5.88 Å². The van der Waals surface area contributed by atoms with Crippen LogP contribution in [0.1, 0.15) is 29.6 Å². The van der Waals surface area contributed by atoms with Gasteiger partial charge in [0.1, 0.15) is 0 Å². The van der Waals surface area contributed by atoms with Crippen molar-refractivity contribution >= 4 is 23.3 Å². The van der Waals surface area contributed by atoms with Crippen molar-refractivity contribution in [1.29, 1.82) is 0 Å². The largest absolute Gasteiger partial charge is 0.466 e. The van der Waals surface area contributed by atoms with Crippen LogP contribution >= 0.6 is 11.7 Å². The van der Waals surface area contributed by atoms with Crippen LogP contribution in [0.25, 0.3) is 0 Å². The summed E-state index contributed by atoms with van der Waals surface area (Å²) in [7, 11) is 0. The topological polar surface area (TPSA) is 55.3 Å². The molecule has 1 aliphatic rings. The van der Waals surface area contributed by atoms with E-state index in [2.05, 4.69) is 13.6 Å². The molecule has 0 atom stereocenters. The lowest BCUT2D eigenvalue weighted by atomic mass is 10.1. The molecule has 6 heteroatoms. The molecule has 21 heavy (non-hydrogen) atoms. The molecule has 110 valence electrons. The van der Waals surface area contributed by atoms with Gasteiger partial charge >= 0.3 is 0 Å². The molecule has 1 aromatic carbocycles. The van der Waals surface area contributed by atoms with Gasteiger partial charge in [-0.1, -0.05) is 30.3 Å². The first-order valence-electron chi connectivity index (χ1n) is 7.13. The van der Waals surface area contributed by atoms with Crippen molar-refractivity contribution in [2.24, 2.45) is 0 Å². The third kappa shape index (κ3) is 3.39. The van der Waals surface area contributed by atoms with Crippen molar-refractivity contribution < 1.29 is 9.53 Å². The summed E-state index contributed by atoms with van der Waals surface area (Å²) in [6, 6.07) is 9.15. The molecule has 0 N–H and O–H groups in total. The molecule has 1 aromatic heterocycles. The number of nitrogens with zero attached hydrogens (tertiary/aromatic N) is 3. The predicted molar refractivity (Wildman–Crippen MR) is 82.2 cm³/mol. The van der Waals surface area contributed by atoms with E-state index >= 15 is 0 Å². The van der Waals surface area contributed by atoms with Gasteiger partial charge in [0.15, 0.2) is 12.4 Å². The molecule has 3 rings (SSSR count). The van der Waals surface area contributed by atoms with Crippen molar-refractivity contribution in [1.82, 2.24) is 8.75 Å². The van der Waals surface area contributed by atoms with Crippen molar-refractivity contribution in [3.8, 4) is 5.88 Å². The van der Waals surface area contributed by atoms with Gasteiger partial charge in [0.2, 0.25) is 5.82 Å². The fourth-order valence-corrected chi connectivity index (χ4v) is 2.93. The van der Waals surface area contributed by atoms with E-state index in [4.69, 9.17) is 4.74 Å². The summed E-state index contributed by atoms with van der Waals surface area (Å²) in [5, 5.41) is 0. The summed E-state index contributed by atoms with van der Waals surface area (Å²) in [4.78, 5) is 14.2. The van der Waals surface area contributed by atoms with E-state index in [1.165, 1.54) is 19.3 Å². The molecule has 0 spiro atoms. The lowest BCUT2D eigenvalue weighted by Crippen LogP contribution is -2.30. The van der Waals surface area contributed by atoms with Crippen LogP contribution in [0.15, 0.2) is 30.3 Å². The van der Waals surface area contributed by atoms with Crippen molar-refractivity contribution in [3.63, 3.8) is 0 Å². The van der Waals surface area contributed by atoms with Gasteiger partial charge < -0.3 is 9.64 Å². The first kappa shape index (κ1) is 14.0. The van der Waals surface area contributed by atoms with E-state index in [9.17, 15) is 4.79 Å². The Labute approximate surface area is 127 Å². The Morgan fingerprint density at radius 2 is 1.90 bits per heavy atom. The smallest absolute Gasteiger partial charge is 0.271 e. The summed E-state index contributed by atoms with van der Waals surface area (Å²) >= 11 is 1.13. The molecule has 1 fully saturated rings. The van der Waals surface area contributed by atoms with Crippen LogP contribution in [-0.2, 0) is 0 Å². The van der Waals surface area contributed by atoms with E-state index < -0.39 is 0 Å². The van der Waals surface area contributed by atoms with Gasteiger partial charge in [-0.05, 0) is 19.3 Å². The van der Waals surface area contributed by atoms with Gasteiger partial charge in [0.05, 0.1) is 11.7 Å². The average Bonchev–Trinajstić information content (AvgIpc) is 3.03. The number of ketones is 1. The minimum absolute atomic E-state index is 0.00370. The van der Waals surface area contributed by atoms with E-state index in [0.29, 0.717) is 11.4 Å². The number of hydrogen-bond donors (Lipinski definition) is 0. The highest BCUT2D eigenvalue weighted by atomic mass is 32.1. The molecule has 0 amide bonds. The first-order valence-corrected chi connectivity index (χ1v) is 7.86. The van der Waals surface area contributed by atoms with Gasteiger partial charge in [0.25, 0.3) is 5.88 Å². The lowest BCUT2D eigenvalue weighted by molar-refractivity contribution is 0.0919. The molecule has 2 heterocycles. The van der Waals surface area contributed by atoms with Crippen LogP contribution in [0.2, 0.25) is 0 Å². The quantitative estimate of drug-likeness (QED) is 0.795. The number of benzene rings is 1. The molecular formula is C15H17N3O2S. The number of carbonyl (C=O) groups excluding carboxylic acids is 1. The van der Waals surface area contributed by atoms with Crippen LogP contribution in [0, 0.1) is 0 Å². The van der Waals surface area contributed by atoms with Gasteiger partial charge in [0, 0.05) is 18.7 Å². The molecule has 0 bridgehead atoms. The highest BCUT2D eigenvalue weighted by Gasteiger charge is 2.20. The van der Waals surface area contributed by atoms with Crippen LogP contribution in [0.3, 0.4) is 0 Å². The maximum absolute atomic E-state index is 12.0. The summed E-state index contributed by atoms with van der Waals surface area (Å²) in [6.07, 6.45) is 3.59. The average molecular weight is 303 g/mol. The second-order valence-corrected chi connectivity index (χ2v) is 5.55. The molecule has 1 aliphatic heterocycles. The minimum atomic E-state index is -0.0480. The Balaban J connectivity index is 1.63. The zero-order valence-corrected chi connectivity index (χ0v) is 12.5. The fraction of sp³-hybridized carbons (Fsp3) is 0.400. The number of piperidine rings is 1. The van der Waals surface area contributed by atoms with Crippen molar-refractivity contribution in [2.75, 3.05) is 24.6 Å². The number of rotatable bonds is 5. The number of anilines is 1. The van der Waals surface area contributed by atoms with Crippen molar-refractivity contribution in [3.05, 3.63) is 35.9 Å². The Kier molecular flexibility index (Phi) is 4.45. The predicted octanol–water partition coefficient (Wildman–Crippen LogP) is 2.79.